The van der Waals surface area contributed by atoms with Gasteiger partial charge in [-0.25, -0.2) is 15.2 Å². The third kappa shape index (κ3) is 8.01. The highest BCUT2D eigenvalue weighted by atomic mass is 16.5. The SMILES string of the molecule is CCOC(=O)CCCCCCC1C(=O)NC(=O)N1NCC(OC(C)=O)c1ccccc1. The molecule has 2 rings (SSSR count). The summed E-state index contributed by atoms with van der Waals surface area (Å²) in [5.41, 5.74) is 3.75. The number of urea groups is 1. The van der Waals surface area contributed by atoms with Crippen molar-refractivity contribution in [1.82, 2.24) is 15.8 Å². The van der Waals surface area contributed by atoms with Gasteiger partial charge in [-0.2, -0.15) is 0 Å². The topological polar surface area (TPSA) is 114 Å². The van der Waals surface area contributed by atoms with E-state index in [1.54, 1.807) is 6.92 Å². The Balaban J connectivity index is 1.84. The maximum absolute atomic E-state index is 12.2. The molecule has 1 aliphatic rings. The maximum atomic E-state index is 12.2. The number of hydrogen-bond acceptors (Lipinski definition) is 7. The fourth-order valence-electron chi connectivity index (χ4n) is 3.42. The van der Waals surface area contributed by atoms with Gasteiger partial charge in [0.15, 0.2) is 0 Å². The number of rotatable bonds is 13. The van der Waals surface area contributed by atoms with E-state index in [4.69, 9.17) is 9.47 Å². The minimum atomic E-state index is -0.633. The quantitative estimate of drug-likeness (QED) is 0.279. The van der Waals surface area contributed by atoms with E-state index in [0.717, 1.165) is 31.2 Å². The van der Waals surface area contributed by atoms with Crippen LogP contribution in [0.15, 0.2) is 30.3 Å². The van der Waals surface area contributed by atoms with Gasteiger partial charge in [-0.3, -0.25) is 19.7 Å². The summed E-state index contributed by atoms with van der Waals surface area (Å²) in [7, 11) is 0. The van der Waals surface area contributed by atoms with E-state index in [-0.39, 0.29) is 18.4 Å². The van der Waals surface area contributed by atoms with Crippen molar-refractivity contribution in [3.63, 3.8) is 0 Å². The summed E-state index contributed by atoms with van der Waals surface area (Å²) in [4.78, 5) is 47.2. The summed E-state index contributed by atoms with van der Waals surface area (Å²) in [6.07, 6.45) is 3.44. The average molecular weight is 434 g/mol. The van der Waals surface area contributed by atoms with Crippen LogP contribution in [0, 0.1) is 0 Å². The monoisotopic (exact) mass is 433 g/mol. The molecule has 1 fully saturated rings. The Morgan fingerprint density at radius 1 is 1.13 bits per heavy atom. The molecule has 0 saturated carbocycles. The Kier molecular flexibility index (Phi) is 9.96. The largest absolute Gasteiger partial charge is 0.466 e. The molecule has 0 bridgehead atoms. The van der Waals surface area contributed by atoms with Crippen LogP contribution in [0.4, 0.5) is 4.79 Å². The standard InChI is InChI=1S/C22H31N3O6/c1-3-30-20(27)14-10-5-4-9-13-18-21(28)24-22(29)25(18)23-15-19(31-16(2)26)17-11-7-6-8-12-17/h6-8,11-12,18-19,23H,3-5,9-10,13-15H2,1-2H3,(H,24,28,29). The molecule has 0 aromatic heterocycles. The van der Waals surface area contributed by atoms with Gasteiger partial charge in [0.1, 0.15) is 12.1 Å². The lowest BCUT2D eigenvalue weighted by molar-refractivity contribution is -0.147. The van der Waals surface area contributed by atoms with Crippen LogP contribution in [0.5, 0.6) is 0 Å². The van der Waals surface area contributed by atoms with Gasteiger partial charge < -0.3 is 9.47 Å². The van der Waals surface area contributed by atoms with Crippen LogP contribution >= 0.6 is 0 Å². The third-order valence-electron chi connectivity index (χ3n) is 4.90. The molecule has 3 amide bonds. The number of carbonyl (C=O) groups is 4. The average Bonchev–Trinajstić information content (AvgIpc) is 3.00. The first-order valence-corrected chi connectivity index (χ1v) is 10.7. The van der Waals surface area contributed by atoms with Crippen LogP contribution in [-0.4, -0.2) is 48.1 Å². The van der Waals surface area contributed by atoms with Crippen LogP contribution in [0.25, 0.3) is 0 Å². The number of amides is 3. The van der Waals surface area contributed by atoms with Gasteiger partial charge >= 0.3 is 18.0 Å². The minimum Gasteiger partial charge on any atom is -0.466 e. The molecule has 2 N–H and O–H groups in total. The number of carbonyl (C=O) groups excluding carboxylic acids is 4. The summed E-state index contributed by atoms with van der Waals surface area (Å²) in [6.45, 7) is 3.64. The van der Waals surface area contributed by atoms with Crippen molar-refractivity contribution in [3.8, 4) is 0 Å². The molecule has 9 nitrogen and oxygen atoms in total. The Hall–Kier alpha value is -2.94. The first-order chi connectivity index (χ1) is 14.9. The van der Waals surface area contributed by atoms with Crippen LogP contribution in [-0.2, 0) is 23.9 Å². The van der Waals surface area contributed by atoms with Crippen LogP contribution in [0.1, 0.15) is 64.0 Å². The first-order valence-electron chi connectivity index (χ1n) is 10.7. The van der Waals surface area contributed by atoms with E-state index < -0.39 is 24.1 Å². The van der Waals surface area contributed by atoms with Gasteiger partial charge in [0, 0.05) is 13.3 Å². The zero-order chi connectivity index (χ0) is 22.6. The van der Waals surface area contributed by atoms with Crippen molar-refractivity contribution in [1.29, 1.82) is 0 Å². The van der Waals surface area contributed by atoms with Gasteiger partial charge in [-0.05, 0) is 25.3 Å². The molecular formula is C22H31N3O6. The van der Waals surface area contributed by atoms with E-state index in [2.05, 4.69) is 10.7 Å². The van der Waals surface area contributed by atoms with Crippen molar-refractivity contribution in [2.75, 3.05) is 13.2 Å². The number of imide groups is 1. The van der Waals surface area contributed by atoms with E-state index >= 15 is 0 Å². The minimum absolute atomic E-state index is 0.153. The first kappa shape index (κ1) is 24.3. The lowest BCUT2D eigenvalue weighted by Crippen LogP contribution is -2.47. The molecule has 0 radical (unpaired) electrons. The molecule has 9 heteroatoms. The van der Waals surface area contributed by atoms with Gasteiger partial charge in [0.05, 0.1) is 13.2 Å². The Morgan fingerprint density at radius 3 is 2.52 bits per heavy atom. The molecule has 1 heterocycles. The van der Waals surface area contributed by atoms with Gasteiger partial charge in [-0.15, -0.1) is 0 Å². The number of esters is 2. The van der Waals surface area contributed by atoms with E-state index in [0.29, 0.717) is 19.4 Å². The van der Waals surface area contributed by atoms with Crippen molar-refractivity contribution < 1.29 is 28.7 Å². The highest BCUT2D eigenvalue weighted by Gasteiger charge is 2.38. The number of unbranched alkanes of at least 4 members (excludes halogenated alkanes) is 3. The number of benzene rings is 1. The fraction of sp³-hybridized carbons (Fsp3) is 0.545. The zero-order valence-corrected chi connectivity index (χ0v) is 18.1. The summed E-state index contributed by atoms with van der Waals surface area (Å²) < 4.78 is 10.3. The Labute approximate surface area is 182 Å². The van der Waals surface area contributed by atoms with Crippen molar-refractivity contribution in [3.05, 3.63) is 35.9 Å². The third-order valence-corrected chi connectivity index (χ3v) is 4.90. The molecule has 1 aromatic rings. The molecule has 0 aliphatic carbocycles. The second kappa shape index (κ2) is 12.7. The highest BCUT2D eigenvalue weighted by Crippen LogP contribution is 2.19. The van der Waals surface area contributed by atoms with E-state index in [9.17, 15) is 19.2 Å². The molecule has 1 saturated heterocycles. The number of nitrogens with one attached hydrogen (secondary N) is 2. The van der Waals surface area contributed by atoms with Gasteiger partial charge in [0.2, 0.25) is 0 Å². The summed E-state index contributed by atoms with van der Waals surface area (Å²) in [5, 5.41) is 3.60. The fourth-order valence-corrected chi connectivity index (χ4v) is 3.42. The van der Waals surface area contributed by atoms with Crippen LogP contribution in [0.2, 0.25) is 0 Å². The Morgan fingerprint density at radius 2 is 1.84 bits per heavy atom. The summed E-state index contributed by atoms with van der Waals surface area (Å²) >= 11 is 0. The molecule has 170 valence electrons. The van der Waals surface area contributed by atoms with Gasteiger partial charge in [-0.1, -0.05) is 49.6 Å². The highest BCUT2D eigenvalue weighted by molar-refractivity contribution is 6.03. The lowest BCUT2D eigenvalue weighted by Gasteiger charge is -2.25. The summed E-state index contributed by atoms with van der Waals surface area (Å²) in [6, 6.07) is 8.04. The van der Waals surface area contributed by atoms with Crippen molar-refractivity contribution in [2.45, 2.75) is 64.5 Å². The van der Waals surface area contributed by atoms with Crippen molar-refractivity contribution in [2.24, 2.45) is 0 Å². The second-order valence-electron chi connectivity index (χ2n) is 7.31. The number of hydrogen-bond donors (Lipinski definition) is 2. The summed E-state index contributed by atoms with van der Waals surface area (Å²) in [5.74, 6) is -0.982. The molecule has 31 heavy (non-hydrogen) atoms. The molecule has 0 spiro atoms. The van der Waals surface area contributed by atoms with Crippen LogP contribution in [0.3, 0.4) is 0 Å². The van der Waals surface area contributed by atoms with E-state index in [1.165, 1.54) is 11.9 Å². The molecule has 1 aromatic carbocycles. The Bertz CT molecular complexity index is 755. The molecular weight excluding hydrogens is 402 g/mol. The lowest BCUT2D eigenvalue weighted by atomic mass is 10.1. The second-order valence-corrected chi connectivity index (χ2v) is 7.31. The smallest absolute Gasteiger partial charge is 0.339 e. The van der Waals surface area contributed by atoms with Crippen LogP contribution < -0.4 is 10.7 Å². The number of ether oxygens (including phenoxy) is 2. The van der Waals surface area contributed by atoms with E-state index in [1.807, 2.05) is 30.3 Å². The molecule has 1 aliphatic heterocycles. The normalized spacial score (nSPS) is 16.7. The molecule has 2 unspecified atom stereocenters. The predicted octanol–water partition coefficient (Wildman–Crippen LogP) is 2.62. The number of nitrogens with zero attached hydrogens (tertiary/aromatic N) is 1. The van der Waals surface area contributed by atoms with Gasteiger partial charge in [0.25, 0.3) is 5.91 Å². The maximum Gasteiger partial charge on any atom is 0.339 e. The number of hydrazine groups is 1. The van der Waals surface area contributed by atoms with Crippen molar-refractivity contribution >= 4 is 23.9 Å². The predicted molar refractivity (Wildman–Crippen MR) is 112 cm³/mol. The zero-order valence-electron chi connectivity index (χ0n) is 18.1. The molecule has 2 atom stereocenters.